The van der Waals surface area contributed by atoms with Crippen LogP contribution in [0.25, 0.3) is 11.9 Å². The van der Waals surface area contributed by atoms with E-state index in [1.165, 1.54) is 25.3 Å². The van der Waals surface area contributed by atoms with Crippen molar-refractivity contribution >= 4 is 17.9 Å². The highest BCUT2D eigenvalue weighted by Gasteiger charge is 2.44. The average Bonchev–Trinajstić information content (AvgIpc) is 2.78. The fraction of sp³-hybridized carbons (Fsp3) is 0.318. The van der Waals surface area contributed by atoms with Crippen molar-refractivity contribution < 1.29 is 36.2 Å². The van der Waals surface area contributed by atoms with Crippen molar-refractivity contribution in [3.63, 3.8) is 0 Å². The number of ether oxygens (including phenoxy) is 3. The number of nitrogens with zero attached hydrogens (tertiary/aromatic N) is 3. The molecule has 1 aliphatic heterocycles. The normalized spacial score (nSPS) is 20.8. The quantitative estimate of drug-likeness (QED) is 0.479. The number of hydrogen-bond donors (Lipinski definition) is 1. The van der Waals surface area contributed by atoms with Crippen molar-refractivity contribution in [2.45, 2.75) is 24.7 Å². The number of aromatic nitrogens is 2. The molecule has 2 heterocycles. The van der Waals surface area contributed by atoms with Gasteiger partial charge in [0.05, 0.1) is 12.4 Å². The zero-order valence-corrected chi connectivity index (χ0v) is 17.8. The van der Waals surface area contributed by atoms with Crippen LogP contribution in [0.2, 0.25) is 0 Å². The van der Waals surface area contributed by atoms with Crippen molar-refractivity contribution in [3.8, 4) is 18.2 Å². The molecule has 0 amide bonds. The van der Waals surface area contributed by atoms with Gasteiger partial charge in [0, 0.05) is 5.56 Å². The smallest absolute Gasteiger partial charge is 0.411 e. The van der Waals surface area contributed by atoms with Gasteiger partial charge in [-0.05, 0) is 30.7 Å². The molecule has 0 fully saturated rings. The van der Waals surface area contributed by atoms with Gasteiger partial charge in [0.2, 0.25) is 5.88 Å². The molecule has 0 radical (unpaired) electrons. The van der Waals surface area contributed by atoms with Crippen molar-refractivity contribution in [1.82, 2.24) is 9.97 Å². The summed E-state index contributed by atoms with van der Waals surface area (Å²) in [7, 11) is 0. The number of aliphatic imine (C=N–C) groups is 1. The van der Waals surface area contributed by atoms with Gasteiger partial charge in [0.25, 0.3) is 6.02 Å². The van der Waals surface area contributed by atoms with Gasteiger partial charge in [0.15, 0.2) is 12.4 Å². The first kappa shape index (κ1) is 24.9. The van der Waals surface area contributed by atoms with Crippen LogP contribution in [0.5, 0.6) is 5.88 Å². The third kappa shape index (κ3) is 5.99. The van der Waals surface area contributed by atoms with Crippen LogP contribution < -0.4 is 10.5 Å². The van der Waals surface area contributed by atoms with E-state index in [2.05, 4.69) is 20.9 Å². The fourth-order valence-electron chi connectivity index (χ4n) is 3.17. The molecule has 0 bridgehead atoms. The summed E-state index contributed by atoms with van der Waals surface area (Å²) in [5, 5.41) is 0. The molecular weight excluding hydrogens is 463 g/mol. The van der Waals surface area contributed by atoms with Gasteiger partial charge in [-0.15, -0.1) is 6.42 Å². The third-order valence-corrected chi connectivity index (χ3v) is 4.81. The van der Waals surface area contributed by atoms with E-state index in [1.54, 1.807) is 0 Å². The van der Waals surface area contributed by atoms with Gasteiger partial charge in [-0.2, -0.15) is 13.2 Å². The molecule has 0 spiro atoms. The summed E-state index contributed by atoms with van der Waals surface area (Å²) in [6, 6.07) is 3.20. The highest BCUT2D eigenvalue weighted by atomic mass is 19.4. The zero-order valence-electron chi connectivity index (χ0n) is 17.8. The van der Waals surface area contributed by atoms with E-state index in [4.69, 9.17) is 26.4 Å². The van der Waals surface area contributed by atoms with E-state index in [1.807, 2.05) is 0 Å². The molecule has 1 aromatic heterocycles. The highest BCUT2D eigenvalue weighted by Crippen LogP contribution is 2.37. The lowest BCUT2D eigenvalue weighted by atomic mass is 9.85. The Balaban J connectivity index is 1.92. The molecule has 7 nitrogen and oxygen atoms in total. The standard InChI is InChI=1S/C22H19F5N4O3/c1-3-6-32-19-10-29-17(9-30-19)16(24)8-13-4-5-15(23)14(7-13)21(2)18(11-33-20(28)31-21)34-12-22(25,26)27/h1,4-5,7-10,18H,6,11-12H2,2H3,(H2,28,31)/b16-8-/t18-,21+/m0/s1. The molecule has 2 N–H and O–H groups in total. The van der Waals surface area contributed by atoms with Gasteiger partial charge in [-0.1, -0.05) is 12.0 Å². The van der Waals surface area contributed by atoms with E-state index in [-0.39, 0.29) is 41.9 Å². The van der Waals surface area contributed by atoms with E-state index < -0.39 is 36.1 Å². The molecular formula is C22H19F5N4O3. The first-order valence-electron chi connectivity index (χ1n) is 9.74. The van der Waals surface area contributed by atoms with E-state index in [9.17, 15) is 22.0 Å². The number of hydrogen-bond acceptors (Lipinski definition) is 7. The van der Waals surface area contributed by atoms with Gasteiger partial charge >= 0.3 is 6.18 Å². The first-order chi connectivity index (χ1) is 16.0. The second-order valence-corrected chi connectivity index (χ2v) is 7.29. The van der Waals surface area contributed by atoms with Crippen molar-refractivity contribution in [3.05, 3.63) is 53.2 Å². The molecule has 0 unspecified atom stereocenters. The van der Waals surface area contributed by atoms with Crippen molar-refractivity contribution in [1.29, 1.82) is 0 Å². The molecule has 3 rings (SSSR count). The second-order valence-electron chi connectivity index (χ2n) is 7.29. The monoisotopic (exact) mass is 482 g/mol. The van der Waals surface area contributed by atoms with Crippen molar-refractivity contribution in [2.24, 2.45) is 10.7 Å². The third-order valence-electron chi connectivity index (χ3n) is 4.81. The maximum Gasteiger partial charge on any atom is 0.411 e. The molecule has 0 aliphatic carbocycles. The van der Waals surface area contributed by atoms with E-state index in [0.29, 0.717) is 0 Å². The maximum atomic E-state index is 14.8. The summed E-state index contributed by atoms with van der Waals surface area (Å²) in [5.74, 6) is 0.751. The van der Waals surface area contributed by atoms with Gasteiger partial charge in [-0.3, -0.25) is 0 Å². The van der Waals surface area contributed by atoms with Crippen LogP contribution >= 0.6 is 0 Å². The Morgan fingerprint density at radius 2 is 2.12 bits per heavy atom. The van der Waals surface area contributed by atoms with Crippen LogP contribution in [0, 0.1) is 18.2 Å². The lowest BCUT2D eigenvalue weighted by Crippen LogP contribution is -2.48. The molecule has 2 aromatic rings. The number of rotatable bonds is 7. The number of halogens is 5. The summed E-state index contributed by atoms with van der Waals surface area (Å²) in [4.78, 5) is 11.8. The minimum atomic E-state index is -4.62. The van der Waals surface area contributed by atoms with Crippen LogP contribution in [0.15, 0.2) is 35.6 Å². The minimum absolute atomic E-state index is 0.0326. The SMILES string of the molecule is C#CCOc1cnc(/C(F)=C/c2ccc(F)c([C@@]3(C)N=C(N)OC[C@@H]3OCC(F)(F)F)c2)cn1. The predicted octanol–water partition coefficient (Wildman–Crippen LogP) is 3.60. The summed E-state index contributed by atoms with van der Waals surface area (Å²) >= 11 is 0. The Bertz CT molecular complexity index is 1130. The number of alkyl halides is 3. The fourth-order valence-corrected chi connectivity index (χ4v) is 3.17. The molecule has 2 atom stereocenters. The van der Waals surface area contributed by atoms with E-state index in [0.717, 1.165) is 18.3 Å². The first-order valence-corrected chi connectivity index (χ1v) is 9.74. The molecule has 1 aromatic carbocycles. The van der Waals surface area contributed by atoms with Crippen LogP contribution in [0.3, 0.4) is 0 Å². The number of terminal acetylenes is 1. The topological polar surface area (TPSA) is 91.9 Å². The Kier molecular flexibility index (Phi) is 7.36. The summed E-state index contributed by atoms with van der Waals surface area (Å²) < 4.78 is 82.6. The Morgan fingerprint density at radius 1 is 1.35 bits per heavy atom. The summed E-state index contributed by atoms with van der Waals surface area (Å²) in [5.41, 5.74) is 3.82. The van der Waals surface area contributed by atoms with Gasteiger partial charge in [0.1, 0.15) is 36.4 Å². The van der Waals surface area contributed by atoms with E-state index >= 15 is 0 Å². The van der Waals surface area contributed by atoms with Crippen LogP contribution in [-0.4, -0.2) is 48.1 Å². The number of nitrogens with two attached hydrogens (primary N) is 1. The highest BCUT2D eigenvalue weighted by molar-refractivity contribution is 5.76. The molecule has 34 heavy (non-hydrogen) atoms. The minimum Gasteiger partial charge on any atom is -0.463 e. The lowest BCUT2D eigenvalue weighted by molar-refractivity contribution is -0.197. The van der Waals surface area contributed by atoms with Gasteiger partial charge in [-0.25, -0.2) is 23.7 Å². The summed E-state index contributed by atoms with van der Waals surface area (Å²) in [6.07, 6.45) is 2.49. The average molecular weight is 482 g/mol. The summed E-state index contributed by atoms with van der Waals surface area (Å²) in [6.45, 7) is -0.664. The molecule has 0 saturated carbocycles. The predicted molar refractivity (Wildman–Crippen MR) is 112 cm³/mol. The molecule has 1 aliphatic rings. The number of amidine groups is 1. The molecule has 12 heteroatoms. The van der Waals surface area contributed by atoms with Crippen LogP contribution in [0.1, 0.15) is 23.7 Å². The second kappa shape index (κ2) is 10.0. The molecule has 180 valence electrons. The van der Waals surface area contributed by atoms with Crippen molar-refractivity contribution in [2.75, 3.05) is 19.8 Å². The van der Waals surface area contributed by atoms with Crippen LogP contribution in [-0.2, 0) is 15.0 Å². The Morgan fingerprint density at radius 3 is 2.76 bits per heavy atom. The Labute approximate surface area is 191 Å². The number of benzene rings is 1. The Hall–Kier alpha value is -3.72. The van der Waals surface area contributed by atoms with Crippen LogP contribution in [0.4, 0.5) is 22.0 Å². The molecule has 0 saturated heterocycles. The maximum absolute atomic E-state index is 14.8. The van der Waals surface area contributed by atoms with Gasteiger partial charge < -0.3 is 19.9 Å². The largest absolute Gasteiger partial charge is 0.463 e. The lowest BCUT2D eigenvalue weighted by Gasteiger charge is -2.38. The zero-order chi connectivity index (χ0) is 24.9.